The van der Waals surface area contributed by atoms with Crippen LogP contribution in [0, 0.1) is 0 Å². The van der Waals surface area contributed by atoms with Gasteiger partial charge in [-0.1, -0.05) is 12.8 Å². The molecule has 1 fully saturated rings. The number of carboxylic acid groups (broad SMARTS) is 1. The van der Waals surface area contributed by atoms with Crippen molar-refractivity contribution in [3.63, 3.8) is 0 Å². The minimum absolute atomic E-state index is 0.529. The molecule has 0 aromatic carbocycles. The molecule has 1 aliphatic rings. The van der Waals surface area contributed by atoms with E-state index in [-0.39, 0.29) is 0 Å². The van der Waals surface area contributed by atoms with Crippen LogP contribution in [-0.2, 0) is 4.79 Å². The van der Waals surface area contributed by atoms with Crippen molar-refractivity contribution in [1.29, 1.82) is 0 Å². The Morgan fingerprint density at radius 1 is 1.40 bits per heavy atom. The molecule has 0 unspecified atom stereocenters. The molecule has 1 heterocycles. The van der Waals surface area contributed by atoms with E-state index in [4.69, 9.17) is 0 Å². The highest BCUT2D eigenvalue weighted by Gasteiger charge is 2.41. The molecule has 0 aliphatic heterocycles. The van der Waals surface area contributed by atoms with Crippen LogP contribution in [-0.4, -0.2) is 26.6 Å². The molecule has 0 spiro atoms. The van der Waals surface area contributed by atoms with Gasteiger partial charge in [0.2, 0.25) is 0 Å². The second-order valence-electron chi connectivity index (χ2n) is 3.81. The average molecular weight is 207 g/mol. The maximum absolute atomic E-state index is 11.2. The van der Waals surface area contributed by atoms with Crippen LogP contribution >= 0.6 is 0 Å². The van der Waals surface area contributed by atoms with Gasteiger partial charge < -0.3 is 10.4 Å². The predicted molar refractivity (Wildman–Crippen MR) is 54.5 cm³/mol. The molecule has 2 N–H and O–H groups in total. The van der Waals surface area contributed by atoms with Crippen molar-refractivity contribution in [2.45, 2.75) is 31.2 Å². The lowest BCUT2D eigenvalue weighted by Crippen LogP contribution is -2.43. The summed E-state index contributed by atoms with van der Waals surface area (Å²) in [6.45, 7) is 0. The lowest BCUT2D eigenvalue weighted by atomic mass is 9.98. The first kappa shape index (κ1) is 9.89. The Labute approximate surface area is 87.6 Å². The number of carboxylic acids is 1. The third kappa shape index (κ3) is 1.91. The van der Waals surface area contributed by atoms with Gasteiger partial charge in [0.15, 0.2) is 0 Å². The largest absolute Gasteiger partial charge is 0.480 e. The smallest absolute Gasteiger partial charge is 0.329 e. The van der Waals surface area contributed by atoms with Crippen LogP contribution in [0.2, 0.25) is 0 Å². The summed E-state index contributed by atoms with van der Waals surface area (Å²) in [6, 6.07) is 0. The second-order valence-corrected chi connectivity index (χ2v) is 3.81. The fourth-order valence-electron chi connectivity index (χ4n) is 1.98. The number of aromatic nitrogens is 2. The highest BCUT2D eigenvalue weighted by molar-refractivity contribution is 5.82. The van der Waals surface area contributed by atoms with Gasteiger partial charge >= 0.3 is 5.97 Å². The van der Waals surface area contributed by atoms with Crippen LogP contribution in [0.5, 0.6) is 0 Å². The molecule has 5 nitrogen and oxygen atoms in total. The third-order valence-electron chi connectivity index (χ3n) is 2.80. The summed E-state index contributed by atoms with van der Waals surface area (Å²) in [7, 11) is 0. The number of nitrogens with zero attached hydrogens (tertiary/aromatic N) is 2. The molecule has 15 heavy (non-hydrogen) atoms. The molecule has 5 heteroatoms. The van der Waals surface area contributed by atoms with Gasteiger partial charge in [-0.2, -0.15) is 0 Å². The molecule has 1 aliphatic carbocycles. The van der Waals surface area contributed by atoms with E-state index in [0.717, 1.165) is 12.8 Å². The summed E-state index contributed by atoms with van der Waals surface area (Å²) in [6.07, 6.45) is 7.85. The van der Waals surface area contributed by atoms with E-state index in [1.807, 2.05) is 0 Å². The molecule has 1 saturated carbocycles. The van der Waals surface area contributed by atoms with Gasteiger partial charge in [0.25, 0.3) is 0 Å². The van der Waals surface area contributed by atoms with Crippen LogP contribution in [0.3, 0.4) is 0 Å². The highest BCUT2D eigenvalue weighted by Crippen LogP contribution is 2.32. The van der Waals surface area contributed by atoms with Gasteiger partial charge in [0, 0.05) is 12.4 Å². The topological polar surface area (TPSA) is 75.1 Å². The Morgan fingerprint density at radius 3 is 2.67 bits per heavy atom. The van der Waals surface area contributed by atoms with Crippen LogP contribution in [0.4, 0.5) is 5.82 Å². The molecule has 0 saturated heterocycles. The van der Waals surface area contributed by atoms with Crippen molar-refractivity contribution in [2.24, 2.45) is 0 Å². The number of rotatable bonds is 3. The molecule has 0 bridgehead atoms. The number of nitrogens with one attached hydrogen (secondary N) is 1. The minimum atomic E-state index is -0.837. The number of aliphatic carboxylic acids is 1. The van der Waals surface area contributed by atoms with Gasteiger partial charge in [-0.25, -0.2) is 9.78 Å². The summed E-state index contributed by atoms with van der Waals surface area (Å²) in [5.41, 5.74) is -0.837. The van der Waals surface area contributed by atoms with Gasteiger partial charge in [-0.15, -0.1) is 0 Å². The quantitative estimate of drug-likeness (QED) is 0.781. The number of carbonyl (C=O) groups is 1. The second kappa shape index (κ2) is 3.84. The fourth-order valence-corrected chi connectivity index (χ4v) is 1.98. The van der Waals surface area contributed by atoms with Crippen molar-refractivity contribution in [2.75, 3.05) is 5.32 Å². The lowest BCUT2D eigenvalue weighted by molar-refractivity contribution is -0.142. The number of hydrogen-bond donors (Lipinski definition) is 2. The Kier molecular flexibility index (Phi) is 2.53. The van der Waals surface area contributed by atoms with Crippen molar-refractivity contribution < 1.29 is 9.90 Å². The van der Waals surface area contributed by atoms with E-state index < -0.39 is 11.5 Å². The predicted octanol–water partition coefficient (Wildman–Crippen LogP) is 1.29. The minimum Gasteiger partial charge on any atom is -0.480 e. The zero-order chi connectivity index (χ0) is 10.7. The van der Waals surface area contributed by atoms with Gasteiger partial charge in [-0.05, 0) is 12.8 Å². The van der Waals surface area contributed by atoms with Crippen LogP contribution in [0.1, 0.15) is 25.7 Å². The first-order valence-electron chi connectivity index (χ1n) is 5.01. The summed E-state index contributed by atoms with van der Waals surface area (Å²) >= 11 is 0. The summed E-state index contributed by atoms with van der Waals surface area (Å²) in [5.74, 6) is -0.271. The van der Waals surface area contributed by atoms with E-state index >= 15 is 0 Å². The molecule has 0 radical (unpaired) electrons. The molecule has 1 aromatic rings. The zero-order valence-corrected chi connectivity index (χ0v) is 8.31. The van der Waals surface area contributed by atoms with Gasteiger partial charge in [-0.3, -0.25) is 4.98 Å². The normalized spacial score (nSPS) is 18.7. The zero-order valence-electron chi connectivity index (χ0n) is 8.31. The molecular formula is C10H13N3O2. The van der Waals surface area contributed by atoms with Crippen molar-refractivity contribution in [3.05, 3.63) is 18.6 Å². The standard InChI is InChI=1S/C10H13N3O2/c14-9(15)10(3-1-2-4-10)13-8-7-11-5-6-12-8/h5-7H,1-4H2,(H,12,13)(H,14,15). The number of anilines is 1. The van der Waals surface area contributed by atoms with E-state index in [9.17, 15) is 9.90 Å². The van der Waals surface area contributed by atoms with E-state index in [1.165, 1.54) is 0 Å². The molecule has 80 valence electrons. The number of hydrogen-bond acceptors (Lipinski definition) is 4. The summed E-state index contributed by atoms with van der Waals surface area (Å²) < 4.78 is 0. The van der Waals surface area contributed by atoms with Crippen LogP contribution in [0.15, 0.2) is 18.6 Å². The molecular weight excluding hydrogens is 194 g/mol. The van der Waals surface area contributed by atoms with E-state index in [2.05, 4.69) is 15.3 Å². The van der Waals surface area contributed by atoms with Crippen molar-refractivity contribution >= 4 is 11.8 Å². The molecule has 1 aromatic heterocycles. The van der Waals surface area contributed by atoms with E-state index in [0.29, 0.717) is 18.7 Å². The van der Waals surface area contributed by atoms with E-state index in [1.54, 1.807) is 18.6 Å². The Bertz CT molecular complexity index is 347. The Morgan fingerprint density at radius 2 is 2.13 bits per heavy atom. The molecule has 0 amide bonds. The van der Waals surface area contributed by atoms with Gasteiger partial charge in [0.05, 0.1) is 6.20 Å². The summed E-state index contributed by atoms with van der Waals surface area (Å²) in [4.78, 5) is 19.1. The monoisotopic (exact) mass is 207 g/mol. The first-order chi connectivity index (χ1) is 7.23. The highest BCUT2D eigenvalue weighted by atomic mass is 16.4. The third-order valence-corrected chi connectivity index (χ3v) is 2.80. The van der Waals surface area contributed by atoms with Crippen molar-refractivity contribution in [1.82, 2.24) is 9.97 Å². The average Bonchev–Trinajstić information content (AvgIpc) is 2.69. The Hall–Kier alpha value is -1.65. The van der Waals surface area contributed by atoms with Crippen molar-refractivity contribution in [3.8, 4) is 0 Å². The maximum Gasteiger partial charge on any atom is 0.329 e. The molecule has 0 atom stereocenters. The first-order valence-corrected chi connectivity index (χ1v) is 5.01. The Balaban J connectivity index is 2.18. The fraction of sp³-hybridized carbons (Fsp3) is 0.500. The SMILES string of the molecule is O=C(O)C1(Nc2cnccn2)CCCC1. The maximum atomic E-state index is 11.2. The van der Waals surface area contributed by atoms with Crippen LogP contribution < -0.4 is 5.32 Å². The van der Waals surface area contributed by atoms with Crippen LogP contribution in [0.25, 0.3) is 0 Å². The molecule has 2 rings (SSSR count). The lowest BCUT2D eigenvalue weighted by Gasteiger charge is -2.25. The van der Waals surface area contributed by atoms with Gasteiger partial charge in [0.1, 0.15) is 11.4 Å². The summed E-state index contributed by atoms with van der Waals surface area (Å²) in [5, 5.41) is 12.2.